The number of nitrogens with zero attached hydrogens (tertiary/aromatic N) is 5. The third kappa shape index (κ3) is 5.00. The predicted molar refractivity (Wildman–Crippen MR) is 137 cm³/mol. The number of hydrogen-bond donors (Lipinski definition) is 1. The van der Waals surface area contributed by atoms with Crippen LogP contribution < -0.4 is 10.1 Å². The second-order valence-corrected chi connectivity index (χ2v) is 9.51. The van der Waals surface area contributed by atoms with Crippen LogP contribution in [0.2, 0.25) is 0 Å². The highest BCUT2D eigenvalue weighted by Crippen LogP contribution is 2.29. The number of urea groups is 1. The Morgan fingerprint density at radius 1 is 1.23 bits per heavy atom. The first-order valence-electron chi connectivity index (χ1n) is 12.2. The quantitative estimate of drug-likeness (QED) is 0.393. The van der Waals surface area contributed by atoms with Crippen LogP contribution in [0.25, 0.3) is 16.9 Å². The molecule has 0 fully saturated rings. The normalized spacial score (nSPS) is 19.7. The van der Waals surface area contributed by atoms with Crippen molar-refractivity contribution in [1.29, 1.82) is 0 Å². The lowest BCUT2D eigenvalue weighted by Gasteiger charge is -2.30. The van der Waals surface area contributed by atoms with Crippen molar-refractivity contribution in [3.63, 3.8) is 0 Å². The molecule has 8 nitrogen and oxygen atoms in total. The summed E-state index contributed by atoms with van der Waals surface area (Å²) < 4.78 is 8.05. The first-order valence-corrected chi connectivity index (χ1v) is 13.1. The maximum Gasteiger partial charge on any atom is 0.318 e. The molecule has 2 atom stereocenters. The molecule has 0 aliphatic carbocycles. The number of carbonyl (C=O) groups excluding carboxylic acids is 1. The fourth-order valence-electron chi connectivity index (χ4n) is 4.59. The molecule has 1 unspecified atom stereocenters. The molecule has 4 heterocycles. The Hall–Kier alpha value is -3.46. The van der Waals surface area contributed by atoms with Crippen LogP contribution in [0, 0.1) is 0 Å². The van der Waals surface area contributed by atoms with Crippen LogP contribution in [-0.4, -0.2) is 43.4 Å². The second kappa shape index (κ2) is 10.4. The first-order chi connectivity index (χ1) is 17.1. The SMILES string of the molecule is CCN1C(=O)NC(c2cscn2)CCCCCOc2nc(cn3ccnc23)-c2cccc(c2)[C@H]1C. The van der Waals surface area contributed by atoms with Crippen molar-refractivity contribution in [3.8, 4) is 17.1 Å². The lowest BCUT2D eigenvalue weighted by atomic mass is 10.0. The molecule has 1 aromatic carbocycles. The van der Waals surface area contributed by atoms with E-state index in [4.69, 9.17) is 9.72 Å². The average Bonchev–Trinajstić information content (AvgIpc) is 3.57. The second-order valence-electron chi connectivity index (χ2n) is 8.79. The first kappa shape index (κ1) is 23.3. The molecular formula is C26H30N6O2S. The minimum atomic E-state index is -0.112. The average molecular weight is 491 g/mol. The Labute approximate surface area is 209 Å². The van der Waals surface area contributed by atoms with Crippen LogP contribution in [0.3, 0.4) is 0 Å². The molecule has 2 amide bonds. The number of thiazole rings is 1. The van der Waals surface area contributed by atoms with Gasteiger partial charge in [0.15, 0.2) is 0 Å². The van der Waals surface area contributed by atoms with Crippen LogP contribution >= 0.6 is 11.3 Å². The monoisotopic (exact) mass is 490 g/mol. The Balaban J connectivity index is 1.52. The van der Waals surface area contributed by atoms with E-state index >= 15 is 0 Å². The van der Waals surface area contributed by atoms with E-state index in [0.29, 0.717) is 24.7 Å². The van der Waals surface area contributed by atoms with Gasteiger partial charge in [0.1, 0.15) is 0 Å². The molecule has 5 rings (SSSR count). The number of fused-ring (bicyclic) bond motifs is 7. The van der Waals surface area contributed by atoms with Crippen molar-refractivity contribution in [2.45, 2.75) is 51.6 Å². The van der Waals surface area contributed by atoms with Crippen LogP contribution in [0.5, 0.6) is 5.88 Å². The van der Waals surface area contributed by atoms with E-state index in [2.05, 4.69) is 34.3 Å². The maximum atomic E-state index is 13.4. The molecule has 4 aromatic rings. The molecule has 182 valence electrons. The van der Waals surface area contributed by atoms with E-state index in [9.17, 15) is 4.79 Å². The number of hydrogen-bond acceptors (Lipinski definition) is 6. The van der Waals surface area contributed by atoms with Gasteiger partial charge in [-0.3, -0.25) is 0 Å². The Bertz CT molecular complexity index is 1290. The number of nitrogens with one attached hydrogen (secondary N) is 1. The predicted octanol–water partition coefficient (Wildman–Crippen LogP) is 5.64. The molecule has 9 heteroatoms. The summed E-state index contributed by atoms with van der Waals surface area (Å²) in [4.78, 5) is 29.0. The molecule has 0 saturated carbocycles. The fourth-order valence-corrected chi connectivity index (χ4v) is 5.19. The number of benzene rings is 1. The minimum absolute atomic E-state index is 0.0729. The topological polar surface area (TPSA) is 84.7 Å². The van der Waals surface area contributed by atoms with Crippen molar-refractivity contribution < 1.29 is 9.53 Å². The number of ether oxygens (including phenoxy) is 1. The van der Waals surface area contributed by atoms with Gasteiger partial charge in [0.2, 0.25) is 5.65 Å². The van der Waals surface area contributed by atoms with E-state index < -0.39 is 0 Å². The van der Waals surface area contributed by atoms with E-state index in [0.717, 1.165) is 48.2 Å². The van der Waals surface area contributed by atoms with Gasteiger partial charge in [-0.1, -0.05) is 24.6 Å². The maximum absolute atomic E-state index is 13.4. The third-order valence-corrected chi connectivity index (χ3v) is 7.16. The van der Waals surface area contributed by atoms with Gasteiger partial charge in [-0.2, -0.15) is 0 Å². The van der Waals surface area contributed by atoms with Crippen molar-refractivity contribution in [2.24, 2.45) is 0 Å². The summed E-state index contributed by atoms with van der Waals surface area (Å²) in [5.74, 6) is 0.544. The molecule has 35 heavy (non-hydrogen) atoms. The Kier molecular flexibility index (Phi) is 6.94. The minimum Gasteiger partial charge on any atom is -0.475 e. The number of imidazole rings is 1. The van der Waals surface area contributed by atoms with Crippen molar-refractivity contribution >= 4 is 23.0 Å². The molecule has 0 radical (unpaired) electrons. The molecule has 4 bridgehead atoms. The van der Waals surface area contributed by atoms with E-state index in [-0.39, 0.29) is 18.1 Å². The smallest absolute Gasteiger partial charge is 0.318 e. The zero-order valence-electron chi connectivity index (χ0n) is 20.1. The van der Waals surface area contributed by atoms with Crippen LogP contribution in [0.4, 0.5) is 4.79 Å². The fraction of sp³-hybridized carbons (Fsp3) is 0.385. The highest BCUT2D eigenvalue weighted by molar-refractivity contribution is 7.07. The lowest BCUT2D eigenvalue weighted by molar-refractivity contribution is 0.177. The van der Waals surface area contributed by atoms with E-state index in [1.807, 2.05) is 51.6 Å². The molecule has 3 aromatic heterocycles. The van der Waals surface area contributed by atoms with Gasteiger partial charge in [-0.15, -0.1) is 11.3 Å². The lowest BCUT2D eigenvalue weighted by Crippen LogP contribution is -2.43. The van der Waals surface area contributed by atoms with Gasteiger partial charge in [-0.25, -0.2) is 19.7 Å². The van der Waals surface area contributed by atoms with Gasteiger partial charge in [0.05, 0.1) is 35.6 Å². The summed E-state index contributed by atoms with van der Waals surface area (Å²) in [7, 11) is 0. The molecule has 0 saturated heterocycles. The number of amides is 2. The largest absolute Gasteiger partial charge is 0.475 e. The van der Waals surface area contributed by atoms with Gasteiger partial charge >= 0.3 is 6.03 Å². The Morgan fingerprint density at radius 3 is 2.97 bits per heavy atom. The van der Waals surface area contributed by atoms with Crippen molar-refractivity contribution in [1.82, 2.24) is 29.6 Å². The molecule has 0 spiro atoms. The molecular weight excluding hydrogens is 460 g/mol. The van der Waals surface area contributed by atoms with Crippen LogP contribution in [0.1, 0.15) is 62.9 Å². The molecule has 1 N–H and O–H groups in total. The summed E-state index contributed by atoms with van der Waals surface area (Å²) in [6.07, 6.45) is 9.30. The number of aromatic nitrogens is 4. The summed E-state index contributed by atoms with van der Waals surface area (Å²) in [5.41, 5.74) is 6.28. The van der Waals surface area contributed by atoms with Gasteiger partial charge < -0.3 is 19.4 Å². The van der Waals surface area contributed by atoms with Crippen molar-refractivity contribution in [2.75, 3.05) is 13.2 Å². The van der Waals surface area contributed by atoms with Gasteiger partial charge in [0.25, 0.3) is 5.88 Å². The van der Waals surface area contributed by atoms with E-state index in [1.54, 1.807) is 17.5 Å². The highest BCUT2D eigenvalue weighted by atomic mass is 32.1. The zero-order chi connectivity index (χ0) is 24.2. The summed E-state index contributed by atoms with van der Waals surface area (Å²) in [5, 5.41) is 5.27. The van der Waals surface area contributed by atoms with Crippen molar-refractivity contribution in [3.05, 3.63) is 65.0 Å². The number of carbonyl (C=O) groups is 1. The summed E-state index contributed by atoms with van der Waals surface area (Å²) in [6.45, 7) is 5.24. The zero-order valence-corrected chi connectivity index (χ0v) is 20.9. The van der Waals surface area contributed by atoms with Gasteiger partial charge in [-0.05, 0) is 44.7 Å². The highest BCUT2D eigenvalue weighted by Gasteiger charge is 2.24. The number of rotatable bonds is 2. The standard InChI is InChI=1S/C26H30N6O2S/c1-3-32-18(2)19-8-7-9-20(14-19)22-15-31-12-11-27-24(31)25(29-22)34-13-6-4-5-10-21(30-26(32)33)23-16-35-17-28-23/h7-9,11-12,14-18,21H,3-6,10,13H2,1-2H3,(H,30,33)/t18-,21?/m1/s1. The van der Waals surface area contributed by atoms with Crippen LogP contribution in [-0.2, 0) is 0 Å². The van der Waals surface area contributed by atoms with Crippen LogP contribution in [0.15, 0.2) is 53.7 Å². The summed E-state index contributed by atoms with van der Waals surface area (Å²) >= 11 is 1.55. The Morgan fingerprint density at radius 2 is 2.14 bits per heavy atom. The van der Waals surface area contributed by atoms with E-state index in [1.165, 1.54) is 0 Å². The summed E-state index contributed by atoms with van der Waals surface area (Å²) in [6, 6.07) is 7.91. The third-order valence-electron chi connectivity index (χ3n) is 6.56. The van der Waals surface area contributed by atoms with Gasteiger partial charge in [0, 0.05) is 36.1 Å². The molecule has 1 aliphatic rings. The molecule has 1 aliphatic heterocycles.